The molecule has 6 nitrogen and oxygen atoms in total. The van der Waals surface area contributed by atoms with E-state index >= 15 is 0 Å². The molecule has 0 aromatic heterocycles. The lowest BCUT2D eigenvalue weighted by atomic mass is 10.2. The van der Waals surface area contributed by atoms with Crippen molar-refractivity contribution in [1.82, 2.24) is 9.21 Å². The van der Waals surface area contributed by atoms with E-state index in [0.29, 0.717) is 26.2 Å². The average molecular weight is 294 g/mol. The van der Waals surface area contributed by atoms with Crippen molar-refractivity contribution < 1.29 is 8.42 Å². The third kappa shape index (κ3) is 3.58. The summed E-state index contributed by atoms with van der Waals surface area (Å²) < 4.78 is 25.8. The molecule has 0 radical (unpaired) electrons. The maximum Gasteiger partial charge on any atom is 0.236 e. The molecule has 20 heavy (non-hydrogen) atoms. The SMILES string of the molecule is N=C(N)N1CCN(S(=O)(=O)/C=C/c2ccccc2)CC1. The van der Waals surface area contributed by atoms with Crippen molar-refractivity contribution in [1.29, 1.82) is 5.41 Å². The van der Waals surface area contributed by atoms with Gasteiger partial charge in [0.05, 0.1) is 0 Å². The van der Waals surface area contributed by atoms with Gasteiger partial charge in [0, 0.05) is 31.6 Å². The molecule has 1 heterocycles. The van der Waals surface area contributed by atoms with Crippen molar-refractivity contribution in [3.8, 4) is 0 Å². The van der Waals surface area contributed by atoms with E-state index in [0.717, 1.165) is 5.56 Å². The number of sulfonamides is 1. The predicted octanol–water partition coefficient (Wildman–Crippen LogP) is 0.498. The molecule has 2 rings (SSSR count). The van der Waals surface area contributed by atoms with Gasteiger partial charge in [-0.05, 0) is 11.6 Å². The highest BCUT2D eigenvalue weighted by Gasteiger charge is 2.25. The van der Waals surface area contributed by atoms with E-state index in [1.165, 1.54) is 9.71 Å². The van der Waals surface area contributed by atoms with Crippen LogP contribution in [0.4, 0.5) is 0 Å². The van der Waals surface area contributed by atoms with Gasteiger partial charge in [0.1, 0.15) is 0 Å². The Bertz CT molecular complexity index is 590. The first kappa shape index (κ1) is 14.5. The number of hydrogen-bond acceptors (Lipinski definition) is 3. The lowest BCUT2D eigenvalue weighted by molar-refractivity contribution is 0.265. The third-order valence-corrected chi connectivity index (χ3v) is 4.74. The highest BCUT2D eigenvalue weighted by atomic mass is 32.2. The molecule has 0 saturated carbocycles. The van der Waals surface area contributed by atoms with Crippen molar-refractivity contribution >= 4 is 22.1 Å². The Labute approximate surface area is 119 Å². The van der Waals surface area contributed by atoms with Gasteiger partial charge in [-0.3, -0.25) is 5.41 Å². The minimum Gasteiger partial charge on any atom is -0.370 e. The highest BCUT2D eigenvalue weighted by Crippen LogP contribution is 2.11. The summed E-state index contributed by atoms with van der Waals surface area (Å²) in [4.78, 5) is 1.66. The summed E-state index contributed by atoms with van der Waals surface area (Å²) in [5.41, 5.74) is 6.23. The molecule has 0 aliphatic carbocycles. The molecular formula is C13H18N4O2S. The summed E-state index contributed by atoms with van der Waals surface area (Å²) in [5.74, 6) is -0.0122. The minimum atomic E-state index is -3.42. The molecule has 0 bridgehead atoms. The van der Waals surface area contributed by atoms with Crippen LogP contribution >= 0.6 is 0 Å². The molecule has 0 unspecified atom stereocenters. The zero-order valence-electron chi connectivity index (χ0n) is 11.1. The number of piperazine rings is 1. The fourth-order valence-corrected chi connectivity index (χ4v) is 3.17. The largest absolute Gasteiger partial charge is 0.370 e. The maximum atomic E-state index is 12.2. The van der Waals surface area contributed by atoms with E-state index in [9.17, 15) is 8.42 Å². The fourth-order valence-electron chi connectivity index (χ4n) is 2.00. The number of benzene rings is 1. The number of guanidine groups is 1. The van der Waals surface area contributed by atoms with Crippen LogP contribution in [0.5, 0.6) is 0 Å². The van der Waals surface area contributed by atoms with Gasteiger partial charge in [-0.2, -0.15) is 4.31 Å². The van der Waals surface area contributed by atoms with Crippen LogP contribution in [0.3, 0.4) is 0 Å². The highest BCUT2D eigenvalue weighted by molar-refractivity contribution is 7.92. The first-order valence-electron chi connectivity index (χ1n) is 6.31. The summed E-state index contributed by atoms with van der Waals surface area (Å²) in [6.07, 6.45) is 1.59. The Morgan fingerprint density at radius 1 is 1.15 bits per heavy atom. The van der Waals surface area contributed by atoms with Gasteiger partial charge in [-0.1, -0.05) is 30.3 Å². The van der Waals surface area contributed by atoms with Crippen LogP contribution in [0, 0.1) is 5.41 Å². The summed E-state index contributed by atoms with van der Waals surface area (Å²) in [6, 6.07) is 9.29. The number of nitrogens with two attached hydrogens (primary N) is 1. The van der Waals surface area contributed by atoms with Gasteiger partial charge in [0.25, 0.3) is 0 Å². The lowest BCUT2D eigenvalue weighted by Crippen LogP contribution is -2.51. The smallest absolute Gasteiger partial charge is 0.236 e. The molecule has 0 spiro atoms. The molecule has 1 saturated heterocycles. The summed E-state index contributed by atoms with van der Waals surface area (Å²) in [7, 11) is -3.42. The molecule has 1 aliphatic rings. The molecule has 108 valence electrons. The molecule has 7 heteroatoms. The van der Waals surface area contributed by atoms with Gasteiger partial charge in [0.15, 0.2) is 5.96 Å². The second-order valence-corrected chi connectivity index (χ2v) is 6.35. The molecule has 0 amide bonds. The van der Waals surface area contributed by atoms with E-state index < -0.39 is 10.0 Å². The summed E-state index contributed by atoms with van der Waals surface area (Å²) in [6.45, 7) is 1.60. The monoisotopic (exact) mass is 294 g/mol. The molecule has 1 fully saturated rings. The number of rotatable bonds is 3. The molecule has 1 aromatic carbocycles. The summed E-state index contributed by atoms with van der Waals surface area (Å²) in [5, 5.41) is 8.55. The van der Waals surface area contributed by atoms with Crippen LogP contribution in [0.1, 0.15) is 5.56 Å². The van der Waals surface area contributed by atoms with E-state index in [4.69, 9.17) is 11.1 Å². The van der Waals surface area contributed by atoms with Crippen molar-refractivity contribution in [2.75, 3.05) is 26.2 Å². The van der Waals surface area contributed by atoms with Crippen molar-refractivity contribution in [2.24, 2.45) is 5.73 Å². The van der Waals surface area contributed by atoms with Gasteiger partial charge in [0.2, 0.25) is 10.0 Å². The topological polar surface area (TPSA) is 90.5 Å². The Morgan fingerprint density at radius 3 is 2.30 bits per heavy atom. The first-order valence-corrected chi connectivity index (χ1v) is 7.81. The number of hydrogen-bond donors (Lipinski definition) is 2. The van der Waals surface area contributed by atoms with Crippen molar-refractivity contribution in [3.05, 3.63) is 41.3 Å². The van der Waals surface area contributed by atoms with Crippen molar-refractivity contribution in [3.63, 3.8) is 0 Å². The second kappa shape index (κ2) is 6.06. The first-order chi connectivity index (χ1) is 9.49. The Balaban J connectivity index is 2.01. The lowest BCUT2D eigenvalue weighted by Gasteiger charge is -2.33. The molecular weight excluding hydrogens is 276 g/mol. The number of nitrogens with zero attached hydrogens (tertiary/aromatic N) is 2. The van der Waals surface area contributed by atoms with Crippen LogP contribution in [0.25, 0.3) is 6.08 Å². The van der Waals surface area contributed by atoms with Gasteiger partial charge >= 0.3 is 0 Å². The standard InChI is InChI=1S/C13H18N4O2S/c14-13(15)16-7-9-17(10-8-16)20(18,19)11-6-12-4-2-1-3-5-12/h1-6,11H,7-10H2,(H3,14,15)/b11-6+. The van der Waals surface area contributed by atoms with E-state index in [1.54, 1.807) is 11.0 Å². The zero-order chi connectivity index (χ0) is 14.6. The Kier molecular flexibility index (Phi) is 4.41. The zero-order valence-corrected chi connectivity index (χ0v) is 11.9. The third-order valence-electron chi connectivity index (χ3n) is 3.17. The van der Waals surface area contributed by atoms with Crippen LogP contribution in [-0.2, 0) is 10.0 Å². The molecule has 3 N–H and O–H groups in total. The Morgan fingerprint density at radius 2 is 1.75 bits per heavy atom. The van der Waals surface area contributed by atoms with Crippen LogP contribution in [0.15, 0.2) is 35.7 Å². The molecule has 1 aliphatic heterocycles. The Hall–Kier alpha value is -1.86. The maximum absolute atomic E-state index is 12.2. The van der Waals surface area contributed by atoms with Crippen LogP contribution in [-0.4, -0.2) is 49.8 Å². The van der Waals surface area contributed by atoms with E-state index in [2.05, 4.69) is 0 Å². The normalized spacial score (nSPS) is 17.5. The van der Waals surface area contributed by atoms with E-state index in [-0.39, 0.29) is 5.96 Å². The quantitative estimate of drug-likeness (QED) is 0.627. The summed E-state index contributed by atoms with van der Waals surface area (Å²) >= 11 is 0. The van der Waals surface area contributed by atoms with Gasteiger partial charge < -0.3 is 10.6 Å². The van der Waals surface area contributed by atoms with Crippen LogP contribution < -0.4 is 5.73 Å². The average Bonchev–Trinajstić information content (AvgIpc) is 2.46. The van der Waals surface area contributed by atoms with Gasteiger partial charge in [-0.25, -0.2) is 8.42 Å². The fraction of sp³-hybridized carbons (Fsp3) is 0.308. The van der Waals surface area contributed by atoms with E-state index in [1.807, 2.05) is 30.3 Å². The molecule has 1 aromatic rings. The second-order valence-electron chi connectivity index (χ2n) is 4.53. The van der Waals surface area contributed by atoms with Crippen molar-refractivity contribution in [2.45, 2.75) is 0 Å². The number of nitrogens with one attached hydrogen (secondary N) is 1. The van der Waals surface area contributed by atoms with Gasteiger partial charge in [-0.15, -0.1) is 0 Å². The minimum absolute atomic E-state index is 0.0122. The molecule has 0 atom stereocenters. The predicted molar refractivity (Wildman–Crippen MR) is 79.5 cm³/mol. The van der Waals surface area contributed by atoms with Crippen LogP contribution in [0.2, 0.25) is 0 Å².